The van der Waals surface area contributed by atoms with Crippen LogP contribution in [-0.2, 0) is 16.0 Å². The minimum absolute atomic E-state index is 0.0279. The zero-order valence-electron chi connectivity index (χ0n) is 17.2. The molecule has 0 bridgehead atoms. The van der Waals surface area contributed by atoms with Gasteiger partial charge in [-0.15, -0.1) is 0 Å². The van der Waals surface area contributed by atoms with Crippen LogP contribution in [-0.4, -0.2) is 16.8 Å². The number of benzene rings is 2. The molecule has 3 aromatic rings. The Kier molecular flexibility index (Phi) is 5.04. The lowest BCUT2D eigenvalue weighted by atomic mass is 9.98. The van der Waals surface area contributed by atoms with E-state index >= 15 is 0 Å². The molecular weight excluding hydrogens is 378 g/mol. The highest BCUT2D eigenvalue weighted by molar-refractivity contribution is 6.51. The van der Waals surface area contributed by atoms with E-state index in [1.54, 1.807) is 37.3 Å². The average Bonchev–Trinajstić information content (AvgIpc) is 3.28. The van der Waals surface area contributed by atoms with Crippen molar-refractivity contribution in [2.45, 2.75) is 33.2 Å². The van der Waals surface area contributed by atoms with Crippen LogP contribution in [0.2, 0.25) is 0 Å². The molecule has 1 atom stereocenters. The van der Waals surface area contributed by atoms with Crippen molar-refractivity contribution >= 4 is 23.1 Å². The van der Waals surface area contributed by atoms with Gasteiger partial charge >= 0.3 is 0 Å². The van der Waals surface area contributed by atoms with Gasteiger partial charge in [0.25, 0.3) is 11.7 Å². The summed E-state index contributed by atoms with van der Waals surface area (Å²) >= 11 is 0. The molecule has 4 rings (SSSR count). The van der Waals surface area contributed by atoms with Crippen LogP contribution in [0.15, 0.2) is 70.7 Å². The van der Waals surface area contributed by atoms with Crippen LogP contribution in [0.3, 0.4) is 0 Å². The Morgan fingerprint density at radius 1 is 1.03 bits per heavy atom. The fourth-order valence-corrected chi connectivity index (χ4v) is 3.80. The predicted molar refractivity (Wildman–Crippen MR) is 115 cm³/mol. The van der Waals surface area contributed by atoms with E-state index in [9.17, 15) is 14.7 Å². The van der Waals surface area contributed by atoms with Crippen molar-refractivity contribution in [3.8, 4) is 0 Å². The Morgan fingerprint density at radius 2 is 1.77 bits per heavy atom. The molecule has 1 aromatic heterocycles. The van der Waals surface area contributed by atoms with Gasteiger partial charge in [0.05, 0.1) is 5.57 Å². The average molecular weight is 401 g/mol. The Balaban J connectivity index is 1.91. The summed E-state index contributed by atoms with van der Waals surface area (Å²) in [6.45, 7) is 5.76. The van der Waals surface area contributed by atoms with Crippen molar-refractivity contribution in [2.24, 2.45) is 0 Å². The van der Waals surface area contributed by atoms with Gasteiger partial charge in [0.15, 0.2) is 0 Å². The molecule has 0 radical (unpaired) electrons. The van der Waals surface area contributed by atoms with Gasteiger partial charge < -0.3 is 9.52 Å². The summed E-state index contributed by atoms with van der Waals surface area (Å²) in [6, 6.07) is 17.4. The fraction of sp³-hybridized carbons (Fsp3) is 0.200. The zero-order chi connectivity index (χ0) is 21.4. The minimum Gasteiger partial charge on any atom is -0.507 e. The zero-order valence-corrected chi connectivity index (χ0v) is 17.2. The smallest absolute Gasteiger partial charge is 0.300 e. The summed E-state index contributed by atoms with van der Waals surface area (Å²) in [7, 11) is 0. The number of nitrogens with zero attached hydrogens (tertiary/aromatic N) is 1. The number of aliphatic hydroxyl groups is 1. The molecule has 30 heavy (non-hydrogen) atoms. The minimum atomic E-state index is -0.841. The van der Waals surface area contributed by atoms with Gasteiger partial charge in [0, 0.05) is 11.3 Å². The van der Waals surface area contributed by atoms with Crippen LogP contribution in [0.25, 0.3) is 5.76 Å². The first-order valence-electron chi connectivity index (χ1n) is 9.94. The second-order valence-corrected chi connectivity index (χ2v) is 7.51. The summed E-state index contributed by atoms with van der Waals surface area (Å²) in [6.07, 6.45) is 0.866. The van der Waals surface area contributed by atoms with Crippen molar-refractivity contribution in [1.29, 1.82) is 0 Å². The largest absolute Gasteiger partial charge is 0.507 e. The number of carbonyl (C=O) groups excluding carboxylic acids is 2. The van der Waals surface area contributed by atoms with E-state index < -0.39 is 17.7 Å². The molecule has 1 aliphatic rings. The predicted octanol–water partition coefficient (Wildman–Crippen LogP) is 5.09. The van der Waals surface area contributed by atoms with E-state index in [4.69, 9.17) is 4.42 Å². The number of rotatable bonds is 4. The van der Waals surface area contributed by atoms with Crippen LogP contribution in [0.4, 0.5) is 5.69 Å². The van der Waals surface area contributed by atoms with Crippen LogP contribution in [0.1, 0.15) is 41.2 Å². The van der Waals surface area contributed by atoms with Crippen LogP contribution in [0, 0.1) is 13.8 Å². The van der Waals surface area contributed by atoms with Gasteiger partial charge in [-0.25, -0.2) is 0 Å². The Hall–Kier alpha value is -3.60. The van der Waals surface area contributed by atoms with E-state index in [-0.39, 0.29) is 11.3 Å². The van der Waals surface area contributed by atoms with E-state index in [1.807, 2.05) is 44.2 Å². The molecular formula is C25H23NO4. The third-order valence-corrected chi connectivity index (χ3v) is 5.39. The van der Waals surface area contributed by atoms with Crippen LogP contribution in [0.5, 0.6) is 0 Å². The number of furan rings is 1. The lowest BCUT2D eigenvalue weighted by Gasteiger charge is -2.23. The highest BCUT2D eigenvalue weighted by atomic mass is 16.3. The number of hydrogen-bond acceptors (Lipinski definition) is 4. The van der Waals surface area contributed by atoms with Crippen molar-refractivity contribution in [2.75, 3.05) is 4.90 Å². The molecule has 1 unspecified atom stereocenters. The Morgan fingerprint density at radius 3 is 2.37 bits per heavy atom. The quantitative estimate of drug-likeness (QED) is 0.376. The molecule has 1 saturated heterocycles. The number of amides is 1. The fourth-order valence-electron chi connectivity index (χ4n) is 3.80. The van der Waals surface area contributed by atoms with Gasteiger partial charge in [-0.2, -0.15) is 0 Å². The van der Waals surface area contributed by atoms with Gasteiger partial charge in [0.1, 0.15) is 23.3 Å². The van der Waals surface area contributed by atoms with E-state index in [1.165, 1.54) is 4.90 Å². The first kappa shape index (κ1) is 19.7. The first-order chi connectivity index (χ1) is 14.4. The third kappa shape index (κ3) is 3.32. The lowest BCUT2D eigenvalue weighted by molar-refractivity contribution is -0.132. The summed E-state index contributed by atoms with van der Waals surface area (Å²) in [5, 5.41) is 11.1. The Bertz CT molecular complexity index is 1150. The van der Waals surface area contributed by atoms with Crippen molar-refractivity contribution < 1.29 is 19.1 Å². The lowest BCUT2D eigenvalue weighted by Crippen LogP contribution is -2.29. The number of hydrogen-bond donors (Lipinski definition) is 1. The molecule has 0 aliphatic carbocycles. The van der Waals surface area contributed by atoms with Gasteiger partial charge in [-0.3, -0.25) is 14.5 Å². The van der Waals surface area contributed by atoms with Crippen molar-refractivity contribution in [3.05, 3.63) is 94.4 Å². The van der Waals surface area contributed by atoms with Gasteiger partial charge in [-0.1, -0.05) is 43.3 Å². The van der Waals surface area contributed by atoms with Crippen molar-refractivity contribution in [3.63, 3.8) is 0 Å². The number of Topliss-reactive ketones (excluding diaryl/α,β-unsaturated/α-hetero) is 1. The SMILES string of the molecule is CCc1ccc(/C(O)=C2/C(=O)C(=O)N(c3cccc(C)c3)C2c2ccc(C)o2)cc1. The number of carbonyl (C=O) groups is 2. The van der Waals surface area contributed by atoms with E-state index in [0.29, 0.717) is 22.8 Å². The molecule has 5 nitrogen and oxygen atoms in total. The molecule has 152 valence electrons. The summed E-state index contributed by atoms with van der Waals surface area (Å²) in [5.41, 5.74) is 3.17. The maximum Gasteiger partial charge on any atom is 0.300 e. The molecule has 1 aliphatic heterocycles. The summed E-state index contributed by atoms with van der Waals surface area (Å²) < 4.78 is 5.81. The molecule has 1 amide bonds. The normalized spacial score (nSPS) is 18.2. The highest BCUT2D eigenvalue weighted by Gasteiger charge is 2.48. The van der Waals surface area contributed by atoms with Gasteiger partial charge in [0.2, 0.25) is 0 Å². The third-order valence-electron chi connectivity index (χ3n) is 5.39. The molecule has 2 aromatic carbocycles. The molecule has 1 N–H and O–H groups in total. The molecule has 0 saturated carbocycles. The molecule has 0 spiro atoms. The Labute approximate surface area is 175 Å². The maximum absolute atomic E-state index is 13.1. The standard InChI is InChI=1S/C25H23NO4/c1-4-17-9-11-18(12-10-17)23(27)21-22(20-13-8-16(3)30-20)26(25(29)24(21)28)19-7-5-6-15(2)14-19/h5-14,22,27H,4H2,1-3H3/b23-21-. The van der Waals surface area contributed by atoms with E-state index in [2.05, 4.69) is 0 Å². The second kappa shape index (κ2) is 7.67. The second-order valence-electron chi connectivity index (χ2n) is 7.51. The molecule has 5 heteroatoms. The van der Waals surface area contributed by atoms with E-state index in [0.717, 1.165) is 17.5 Å². The summed E-state index contributed by atoms with van der Waals surface area (Å²) in [4.78, 5) is 27.5. The van der Waals surface area contributed by atoms with Crippen LogP contribution < -0.4 is 4.90 Å². The van der Waals surface area contributed by atoms with Crippen molar-refractivity contribution in [1.82, 2.24) is 0 Å². The number of ketones is 1. The maximum atomic E-state index is 13.1. The van der Waals surface area contributed by atoms with Crippen LogP contribution >= 0.6 is 0 Å². The monoisotopic (exact) mass is 401 g/mol. The molecule has 1 fully saturated rings. The topological polar surface area (TPSA) is 70.8 Å². The molecule has 2 heterocycles. The number of aliphatic hydroxyl groups excluding tert-OH is 1. The number of anilines is 1. The van der Waals surface area contributed by atoms with Gasteiger partial charge in [-0.05, 0) is 55.7 Å². The highest BCUT2D eigenvalue weighted by Crippen LogP contribution is 2.42. The number of aryl methyl sites for hydroxylation is 3. The first-order valence-corrected chi connectivity index (χ1v) is 9.94. The summed E-state index contributed by atoms with van der Waals surface area (Å²) in [5.74, 6) is -0.531.